The van der Waals surface area contributed by atoms with Crippen LogP contribution < -0.4 is 0 Å². The van der Waals surface area contributed by atoms with Crippen molar-refractivity contribution < 1.29 is 5.11 Å². The van der Waals surface area contributed by atoms with E-state index < -0.39 is 0 Å². The van der Waals surface area contributed by atoms with Gasteiger partial charge in [-0.05, 0) is 48.0 Å². The Labute approximate surface area is 138 Å². The number of phenols is 1. The van der Waals surface area contributed by atoms with Crippen molar-refractivity contribution in [3.63, 3.8) is 0 Å². The highest BCUT2D eigenvalue weighted by Gasteiger charge is 2.19. The number of rotatable bonds is 3. The van der Waals surface area contributed by atoms with Crippen LogP contribution in [-0.2, 0) is 6.54 Å². The molecule has 1 fully saturated rings. The maximum atomic E-state index is 10.1. The Morgan fingerprint density at radius 3 is 2.47 bits per heavy atom. The normalized spacial score (nSPS) is 16.4. The molecule has 0 aromatic heterocycles. The third-order valence-corrected chi connectivity index (χ3v) is 4.79. The average molecular weight is 414 g/mol. The zero-order valence-electron chi connectivity index (χ0n) is 11.0. The largest absolute Gasteiger partial charge is 0.506 e. The highest BCUT2D eigenvalue weighted by molar-refractivity contribution is 9.11. The highest BCUT2D eigenvalue weighted by atomic mass is 79.9. The second-order valence-electron chi connectivity index (χ2n) is 5.10. The lowest BCUT2D eigenvalue weighted by Crippen LogP contribution is -2.32. The Morgan fingerprint density at radius 1 is 1.21 bits per heavy atom. The topological polar surface area (TPSA) is 23.5 Å². The van der Waals surface area contributed by atoms with Crippen molar-refractivity contribution in [2.75, 3.05) is 7.05 Å². The van der Waals surface area contributed by atoms with Crippen molar-refractivity contribution >= 4 is 44.3 Å². The van der Waals surface area contributed by atoms with Crippen molar-refractivity contribution in [1.82, 2.24) is 4.90 Å². The van der Waals surface area contributed by atoms with Crippen LogP contribution in [0.1, 0.15) is 37.7 Å². The van der Waals surface area contributed by atoms with Crippen LogP contribution in [-0.4, -0.2) is 23.1 Å². The van der Waals surface area contributed by atoms with Crippen LogP contribution in [0.2, 0.25) is 0 Å². The molecule has 1 aromatic carbocycles. The third kappa shape index (κ3) is 4.62. The Bertz CT molecular complexity index is 422. The van der Waals surface area contributed by atoms with Crippen LogP contribution in [0.15, 0.2) is 21.1 Å². The van der Waals surface area contributed by atoms with Gasteiger partial charge in [-0.2, -0.15) is 0 Å². The van der Waals surface area contributed by atoms with Crippen molar-refractivity contribution in [3.8, 4) is 5.75 Å². The Hall–Kier alpha value is 0.230. The molecule has 1 aliphatic carbocycles. The minimum Gasteiger partial charge on any atom is -0.506 e. The first-order chi connectivity index (χ1) is 8.58. The molecule has 2 nitrogen and oxygen atoms in total. The number of hydrogen-bond acceptors (Lipinski definition) is 2. The molecule has 19 heavy (non-hydrogen) atoms. The van der Waals surface area contributed by atoms with Gasteiger partial charge in [-0.3, -0.25) is 4.90 Å². The van der Waals surface area contributed by atoms with Gasteiger partial charge in [-0.1, -0.05) is 35.2 Å². The number of halogens is 3. The predicted octanol–water partition coefficient (Wildman–Crippen LogP) is 5.10. The molecule has 0 heterocycles. The van der Waals surface area contributed by atoms with E-state index in [0.717, 1.165) is 21.1 Å². The Morgan fingerprint density at radius 2 is 1.84 bits per heavy atom. The van der Waals surface area contributed by atoms with E-state index in [1.54, 1.807) is 0 Å². The molecule has 108 valence electrons. The number of hydrogen-bond donors (Lipinski definition) is 1. The van der Waals surface area contributed by atoms with Gasteiger partial charge >= 0.3 is 0 Å². The van der Waals surface area contributed by atoms with Gasteiger partial charge < -0.3 is 5.11 Å². The van der Waals surface area contributed by atoms with Crippen molar-refractivity contribution in [2.45, 2.75) is 44.7 Å². The summed E-state index contributed by atoms with van der Waals surface area (Å²) in [5.41, 5.74) is 0.976. The van der Waals surface area contributed by atoms with Crippen LogP contribution in [0.25, 0.3) is 0 Å². The molecular weight excluding hydrogens is 393 g/mol. The maximum absolute atomic E-state index is 10.1. The highest BCUT2D eigenvalue weighted by Crippen LogP contribution is 2.33. The molecule has 2 rings (SSSR count). The van der Waals surface area contributed by atoms with E-state index in [2.05, 4.69) is 43.8 Å². The molecule has 0 amide bonds. The van der Waals surface area contributed by atoms with E-state index in [1.807, 2.05) is 12.1 Å². The first kappa shape index (κ1) is 17.3. The number of nitrogens with zero attached hydrogens (tertiary/aromatic N) is 1. The van der Waals surface area contributed by atoms with E-state index in [0.29, 0.717) is 11.8 Å². The van der Waals surface area contributed by atoms with Crippen LogP contribution in [0, 0.1) is 0 Å². The zero-order chi connectivity index (χ0) is 13.1. The van der Waals surface area contributed by atoms with Crippen LogP contribution in [0.3, 0.4) is 0 Å². The smallest absolute Gasteiger partial charge is 0.134 e. The first-order valence-corrected chi connectivity index (χ1v) is 8.03. The van der Waals surface area contributed by atoms with E-state index in [9.17, 15) is 5.11 Å². The summed E-state index contributed by atoms with van der Waals surface area (Å²) in [5.74, 6) is 0.362. The lowest BCUT2D eigenvalue weighted by Gasteiger charge is -2.31. The molecule has 0 saturated heterocycles. The number of aromatic hydroxyl groups is 1. The Kier molecular flexibility index (Phi) is 7.15. The minimum atomic E-state index is 0. The minimum absolute atomic E-state index is 0. The molecule has 0 aliphatic heterocycles. The average Bonchev–Trinajstić information content (AvgIpc) is 2.36. The summed E-state index contributed by atoms with van der Waals surface area (Å²) in [7, 11) is 2.16. The van der Waals surface area contributed by atoms with Gasteiger partial charge in [0, 0.05) is 22.6 Å². The summed E-state index contributed by atoms with van der Waals surface area (Å²) in [5, 5.41) is 10.1. The number of benzene rings is 1. The molecule has 1 N–H and O–H groups in total. The second-order valence-corrected chi connectivity index (χ2v) is 6.87. The van der Waals surface area contributed by atoms with E-state index in [1.165, 1.54) is 32.1 Å². The van der Waals surface area contributed by atoms with Gasteiger partial charge in [0.1, 0.15) is 5.75 Å². The van der Waals surface area contributed by atoms with Crippen LogP contribution in [0.5, 0.6) is 5.75 Å². The summed E-state index contributed by atoms with van der Waals surface area (Å²) in [6.07, 6.45) is 6.61. The van der Waals surface area contributed by atoms with Crippen molar-refractivity contribution in [3.05, 3.63) is 26.6 Å². The molecule has 5 heteroatoms. The SMILES string of the molecule is CN(Cc1cc(Br)cc(Br)c1O)C1CCCCC1.Cl. The third-order valence-electron chi connectivity index (χ3n) is 3.72. The number of phenolic OH excluding ortho intramolecular Hbond substituents is 1. The van der Waals surface area contributed by atoms with Gasteiger partial charge in [0.15, 0.2) is 0 Å². The van der Waals surface area contributed by atoms with Crippen molar-refractivity contribution in [2.24, 2.45) is 0 Å². The van der Waals surface area contributed by atoms with Gasteiger partial charge in [-0.25, -0.2) is 0 Å². The molecule has 1 aliphatic rings. The lowest BCUT2D eigenvalue weighted by atomic mass is 9.94. The molecule has 0 spiro atoms. The lowest BCUT2D eigenvalue weighted by molar-refractivity contribution is 0.183. The molecule has 1 aromatic rings. The fourth-order valence-electron chi connectivity index (χ4n) is 2.66. The van der Waals surface area contributed by atoms with Gasteiger partial charge in [-0.15, -0.1) is 12.4 Å². The predicted molar refractivity (Wildman–Crippen MR) is 89.1 cm³/mol. The fourth-order valence-corrected chi connectivity index (χ4v) is 3.97. The maximum Gasteiger partial charge on any atom is 0.134 e. The molecule has 0 unspecified atom stereocenters. The monoisotopic (exact) mass is 411 g/mol. The standard InChI is InChI=1S/C14H19Br2NO.ClH/c1-17(12-5-3-2-4-6-12)9-10-7-11(15)8-13(16)14(10)18;/h7-8,12,18H,2-6,9H2,1H3;1H. The zero-order valence-corrected chi connectivity index (χ0v) is 15.0. The van der Waals surface area contributed by atoms with Crippen LogP contribution >= 0.6 is 44.3 Å². The Balaban J connectivity index is 0.00000180. The van der Waals surface area contributed by atoms with Crippen LogP contribution in [0.4, 0.5) is 0 Å². The van der Waals surface area contributed by atoms with Gasteiger partial charge in [0.05, 0.1) is 4.47 Å². The molecule has 0 atom stereocenters. The summed E-state index contributed by atoms with van der Waals surface area (Å²) in [6.45, 7) is 0.800. The fraction of sp³-hybridized carbons (Fsp3) is 0.571. The summed E-state index contributed by atoms with van der Waals surface area (Å²) >= 11 is 6.86. The van der Waals surface area contributed by atoms with Crippen molar-refractivity contribution in [1.29, 1.82) is 0 Å². The molecule has 0 bridgehead atoms. The molecule has 1 saturated carbocycles. The van der Waals surface area contributed by atoms with E-state index in [4.69, 9.17) is 0 Å². The van der Waals surface area contributed by atoms with Gasteiger partial charge in [0.25, 0.3) is 0 Å². The quantitative estimate of drug-likeness (QED) is 0.745. The second kappa shape index (κ2) is 7.87. The molecular formula is C14H20Br2ClNO. The first-order valence-electron chi connectivity index (χ1n) is 6.45. The van der Waals surface area contributed by atoms with Gasteiger partial charge in [0.2, 0.25) is 0 Å². The van der Waals surface area contributed by atoms with E-state index in [-0.39, 0.29) is 12.4 Å². The molecule has 0 radical (unpaired) electrons. The summed E-state index contributed by atoms with van der Waals surface area (Å²) < 4.78 is 1.75. The summed E-state index contributed by atoms with van der Waals surface area (Å²) in [6, 6.07) is 4.54. The summed E-state index contributed by atoms with van der Waals surface area (Å²) in [4.78, 5) is 2.37. The van der Waals surface area contributed by atoms with E-state index >= 15 is 0 Å².